The van der Waals surface area contributed by atoms with Gasteiger partial charge in [-0.15, -0.1) is 0 Å². The Morgan fingerprint density at radius 2 is 0.600 bits per heavy atom. The summed E-state index contributed by atoms with van der Waals surface area (Å²) in [5, 5.41) is 0. The molecule has 0 radical (unpaired) electrons. The van der Waals surface area contributed by atoms with Crippen LogP contribution in [0.5, 0.6) is 0 Å². The molecule has 0 bridgehead atoms. The van der Waals surface area contributed by atoms with Gasteiger partial charge in [0.05, 0.1) is 0 Å². The first kappa shape index (κ1) is 53.4. The van der Waals surface area contributed by atoms with Crippen molar-refractivity contribution in [2.75, 3.05) is 13.2 Å². The molecule has 6 heteroatoms. The minimum absolute atomic E-state index is 0.0655. The molecule has 0 saturated carbocycles. The van der Waals surface area contributed by atoms with E-state index in [1.807, 2.05) is 0 Å². The fourth-order valence-electron chi connectivity index (χ4n) is 7.28. The molecule has 0 saturated heterocycles. The second-order valence-electron chi connectivity index (χ2n) is 17.7. The number of rotatable bonds is 43. The van der Waals surface area contributed by atoms with Gasteiger partial charge in [-0.3, -0.25) is 14.4 Å². The molecule has 0 rings (SSSR count). The number of esters is 3. The van der Waals surface area contributed by atoms with E-state index in [0.29, 0.717) is 19.3 Å². The first-order valence-electron chi connectivity index (χ1n) is 24.2. The number of carbonyl (C=O) groups excluding carboxylic acids is 3. The molecular weight excluding hydrogens is 685 g/mol. The first-order chi connectivity index (χ1) is 26.7. The van der Waals surface area contributed by atoms with Crippen molar-refractivity contribution >= 4 is 17.9 Å². The molecule has 0 spiro atoms. The van der Waals surface area contributed by atoms with Crippen LogP contribution in [0.25, 0.3) is 0 Å². The average molecular weight is 779 g/mol. The Balaban J connectivity index is 4.30. The maximum Gasteiger partial charge on any atom is 0.306 e. The summed E-state index contributed by atoms with van der Waals surface area (Å²) in [5.74, 6) is 0.721. The summed E-state index contributed by atoms with van der Waals surface area (Å²) in [4.78, 5) is 37.8. The van der Waals surface area contributed by atoms with Crippen LogP contribution in [0.2, 0.25) is 0 Å². The lowest BCUT2D eigenvalue weighted by molar-refractivity contribution is -0.167. The third-order valence-electron chi connectivity index (χ3n) is 11.0. The van der Waals surface area contributed by atoms with E-state index in [4.69, 9.17) is 14.2 Å². The van der Waals surface area contributed by atoms with Gasteiger partial charge >= 0.3 is 17.9 Å². The van der Waals surface area contributed by atoms with Gasteiger partial charge in [0.1, 0.15) is 13.2 Å². The van der Waals surface area contributed by atoms with Gasteiger partial charge in [0.2, 0.25) is 0 Å². The maximum absolute atomic E-state index is 12.7. The van der Waals surface area contributed by atoms with Crippen LogP contribution in [0, 0.1) is 11.8 Å². The molecule has 0 aliphatic heterocycles. The normalized spacial score (nSPS) is 12.1. The molecule has 0 N–H and O–H groups in total. The molecule has 0 aromatic carbocycles. The van der Waals surface area contributed by atoms with E-state index in [-0.39, 0.29) is 31.1 Å². The first-order valence-corrected chi connectivity index (χ1v) is 24.2. The molecule has 0 aromatic rings. The highest BCUT2D eigenvalue weighted by molar-refractivity contribution is 5.71. The van der Waals surface area contributed by atoms with Crippen molar-refractivity contribution in [3.63, 3.8) is 0 Å². The van der Waals surface area contributed by atoms with Crippen molar-refractivity contribution in [1.82, 2.24) is 0 Å². The average Bonchev–Trinajstić information content (AvgIpc) is 3.15. The van der Waals surface area contributed by atoms with E-state index in [0.717, 1.165) is 69.6 Å². The van der Waals surface area contributed by atoms with Crippen LogP contribution in [0.4, 0.5) is 0 Å². The Labute approximate surface area is 342 Å². The predicted molar refractivity (Wildman–Crippen MR) is 233 cm³/mol. The predicted octanol–water partition coefficient (Wildman–Crippen LogP) is 15.4. The summed E-state index contributed by atoms with van der Waals surface area (Å²) in [6.45, 7) is 11.3. The second-order valence-corrected chi connectivity index (χ2v) is 17.7. The number of unbranched alkanes of at least 4 members (excludes halogenated alkanes) is 28. The lowest BCUT2D eigenvalue weighted by Crippen LogP contribution is -2.30. The van der Waals surface area contributed by atoms with Gasteiger partial charge in [-0.05, 0) is 31.1 Å². The minimum Gasteiger partial charge on any atom is -0.462 e. The van der Waals surface area contributed by atoms with Crippen LogP contribution in [-0.4, -0.2) is 37.2 Å². The summed E-state index contributed by atoms with van der Waals surface area (Å²) in [6, 6.07) is 0. The molecule has 55 heavy (non-hydrogen) atoms. The fourth-order valence-corrected chi connectivity index (χ4v) is 7.28. The van der Waals surface area contributed by atoms with Crippen molar-refractivity contribution in [2.45, 2.75) is 272 Å². The number of hydrogen-bond donors (Lipinski definition) is 0. The van der Waals surface area contributed by atoms with E-state index in [9.17, 15) is 14.4 Å². The zero-order chi connectivity index (χ0) is 40.5. The molecule has 1 atom stereocenters. The SMILES string of the molecule is CCCCCCCCCCCCCCCCCCC(=O)O[C@@H](COC(=O)CCCCCCCCCCC(C)C)COC(=O)CCCCCCCCCC(C)C. The van der Waals surface area contributed by atoms with E-state index in [2.05, 4.69) is 34.6 Å². The van der Waals surface area contributed by atoms with E-state index < -0.39 is 6.10 Å². The number of ether oxygens (including phenoxy) is 3. The van der Waals surface area contributed by atoms with Gasteiger partial charge in [0.25, 0.3) is 0 Å². The number of hydrogen-bond acceptors (Lipinski definition) is 6. The lowest BCUT2D eigenvalue weighted by atomic mass is 10.0. The highest BCUT2D eigenvalue weighted by atomic mass is 16.6. The van der Waals surface area contributed by atoms with Crippen molar-refractivity contribution < 1.29 is 28.6 Å². The van der Waals surface area contributed by atoms with Crippen molar-refractivity contribution in [3.8, 4) is 0 Å². The Morgan fingerprint density at radius 1 is 0.345 bits per heavy atom. The Kier molecular flexibility index (Phi) is 40.8. The van der Waals surface area contributed by atoms with Crippen molar-refractivity contribution in [2.24, 2.45) is 11.8 Å². The van der Waals surface area contributed by atoms with Gasteiger partial charge in [-0.1, -0.05) is 227 Å². The van der Waals surface area contributed by atoms with Crippen LogP contribution < -0.4 is 0 Å². The standard InChI is InChI=1S/C49H94O6/c1-6-7-8-9-10-11-12-13-14-15-16-17-18-25-31-36-41-49(52)55-46(43-54-48(51)40-35-30-26-21-23-28-33-38-45(4)5)42-53-47(50)39-34-29-24-20-19-22-27-32-37-44(2)3/h44-46H,6-43H2,1-5H3/t46-/m0/s1. The van der Waals surface area contributed by atoms with Crippen LogP contribution in [0.1, 0.15) is 266 Å². The van der Waals surface area contributed by atoms with Gasteiger partial charge in [0, 0.05) is 19.3 Å². The van der Waals surface area contributed by atoms with Gasteiger partial charge in [-0.25, -0.2) is 0 Å². The monoisotopic (exact) mass is 779 g/mol. The molecule has 326 valence electrons. The summed E-state index contributed by atoms with van der Waals surface area (Å²) < 4.78 is 16.7. The topological polar surface area (TPSA) is 78.9 Å². The smallest absolute Gasteiger partial charge is 0.306 e. The molecule has 0 unspecified atom stereocenters. The summed E-state index contributed by atoms with van der Waals surface area (Å²) in [6.07, 6.45) is 41.0. The highest BCUT2D eigenvalue weighted by Crippen LogP contribution is 2.17. The Bertz CT molecular complexity index is 839. The zero-order valence-corrected chi connectivity index (χ0v) is 37.6. The van der Waals surface area contributed by atoms with Crippen molar-refractivity contribution in [3.05, 3.63) is 0 Å². The second kappa shape index (κ2) is 42.0. The third-order valence-corrected chi connectivity index (χ3v) is 11.0. The zero-order valence-electron chi connectivity index (χ0n) is 37.6. The van der Waals surface area contributed by atoms with E-state index in [1.54, 1.807) is 0 Å². The quantitative estimate of drug-likeness (QED) is 0.0348. The molecule has 0 amide bonds. The van der Waals surface area contributed by atoms with Crippen LogP contribution in [0.15, 0.2) is 0 Å². The molecule has 0 aliphatic carbocycles. The third kappa shape index (κ3) is 43.4. The van der Waals surface area contributed by atoms with Gasteiger partial charge in [-0.2, -0.15) is 0 Å². The minimum atomic E-state index is -0.761. The summed E-state index contributed by atoms with van der Waals surface area (Å²) >= 11 is 0. The molecule has 0 fully saturated rings. The fraction of sp³-hybridized carbons (Fsp3) is 0.939. The van der Waals surface area contributed by atoms with E-state index in [1.165, 1.54) is 154 Å². The van der Waals surface area contributed by atoms with Crippen LogP contribution in [-0.2, 0) is 28.6 Å². The Hall–Kier alpha value is -1.59. The molecular formula is C49H94O6. The van der Waals surface area contributed by atoms with Crippen molar-refractivity contribution in [1.29, 1.82) is 0 Å². The Morgan fingerprint density at radius 3 is 0.891 bits per heavy atom. The van der Waals surface area contributed by atoms with Crippen LogP contribution >= 0.6 is 0 Å². The van der Waals surface area contributed by atoms with E-state index >= 15 is 0 Å². The molecule has 0 aromatic heterocycles. The van der Waals surface area contributed by atoms with Crippen LogP contribution in [0.3, 0.4) is 0 Å². The summed E-state index contributed by atoms with van der Waals surface area (Å²) in [7, 11) is 0. The largest absolute Gasteiger partial charge is 0.462 e. The number of carbonyl (C=O) groups is 3. The summed E-state index contributed by atoms with van der Waals surface area (Å²) in [5.41, 5.74) is 0. The lowest BCUT2D eigenvalue weighted by Gasteiger charge is -2.18. The molecule has 6 nitrogen and oxygen atoms in total. The highest BCUT2D eigenvalue weighted by Gasteiger charge is 2.19. The molecule has 0 aliphatic rings. The molecule has 0 heterocycles. The van der Waals surface area contributed by atoms with Gasteiger partial charge in [0.15, 0.2) is 6.10 Å². The van der Waals surface area contributed by atoms with Gasteiger partial charge < -0.3 is 14.2 Å². The maximum atomic E-state index is 12.7.